The van der Waals surface area contributed by atoms with Crippen LogP contribution in [0.25, 0.3) is 0 Å². The molecule has 0 unspecified atom stereocenters. The van der Waals surface area contributed by atoms with E-state index in [2.05, 4.69) is 12.2 Å². The molecule has 2 rings (SSSR count). The van der Waals surface area contributed by atoms with Crippen LogP contribution < -0.4 is 5.32 Å². The molecule has 1 aromatic heterocycles. The van der Waals surface area contributed by atoms with Crippen LogP contribution in [0.15, 0.2) is 12.1 Å². The van der Waals surface area contributed by atoms with Crippen molar-refractivity contribution in [2.24, 2.45) is 5.92 Å². The molecule has 1 aromatic rings. The van der Waals surface area contributed by atoms with Crippen molar-refractivity contribution < 1.29 is 14.3 Å². The number of esters is 1. The molecule has 5 heteroatoms. The van der Waals surface area contributed by atoms with E-state index in [0.29, 0.717) is 10.8 Å². The van der Waals surface area contributed by atoms with Gasteiger partial charge >= 0.3 is 5.97 Å². The zero-order valence-electron chi connectivity index (χ0n) is 12.0. The molecule has 0 saturated heterocycles. The van der Waals surface area contributed by atoms with Gasteiger partial charge in [-0.05, 0) is 37.8 Å². The van der Waals surface area contributed by atoms with Gasteiger partial charge in [-0.15, -0.1) is 11.3 Å². The maximum atomic E-state index is 11.8. The predicted octanol–water partition coefficient (Wildman–Crippen LogP) is 2.91. The lowest BCUT2D eigenvalue weighted by atomic mass is 9.86. The van der Waals surface area contributed by atoms with Crippen molar-refractivity contribution in [1.82, 2.24) is 5.32 Å². The molecule has 1 aliphatic rings. The fourth-order valence-corrected chi connectivity index (χ4v) is 3.29. The first-order chi connectivity index (χ1) is 9.56. The average molecular weight is 295 g/mol. The summed E-state index contributed by atoms with van der Waals surface area (Å²) in [6.07, 6.45) is 4.56. The molecule has 1 amide bonds. The van der Waals surface area contributed by atoms with Crippen molar-refractivity contribution in [2.45, 2.75) is 45.6 Å². The Labute approximate surface area is 123 Å². The summed E-state index contributed by atoms with van der Waals surface area (Å²) in [7, 11) is 0. The second kappa shape index (κ2) is 6.88. The molecular weight excluding hydrogens is 274 g/mol. The number of aryl methyl sites for hydroxylation is 1. The zero-order chi connectivity index (χ0) is 14.5. The second-order valence-corrected chi connectivity index (χ2v) is 6.71. The summed E-state index contributed by atoms with van der Waals surface area (Å²) in [6.45, 7) is 3.89. The predicted molar refractivity (Wildman–Crippen MR) is 78.9 cm³/mol. The quantitative estimate of drug-likeness (QED) is 0.869. The molecular formula is C15H21NO3S. The highest BCUT2D eigenvalue weighted by molar-refractivity contribution is 7.13. The Morgan fingerprint density at radius 3 is 2.75 bits per heavy atom. The highest BCUT2D eigenvalue weighted by Gasteiger charge is 2.23. The van der Waals surface area contributed by atoms with Gasteiger partial charge in [-0.3, -0.25) is 4.79 Å². The number of carbonyl (C=O) groups is 2. The molecule has 1 N–H and O–H groups in total. The third kappa shape index (κ3) is 4.07. The van der Waals surface area contributed by atoms with E-state index >= 15 is 0 Å². The van der Waals surface area contributed by atoms with Crippen LogP contribution in [-0.4, -0.2) is 24.5 Å². The Bertz CT molecular complexity index is 483. The highest BCUT2D eigenvalue weighted by Crippen LogP contribution is 2.23. The van der Waals surface area contributed by atoms with Crippen molar-refractivity contribution in [3.05, 3.63) is 21.9 Å². The summed E-state index contributed by atoms with van der Waals surface area (Å²) in [6, 6.07) is 3.81. The number of thiophene rings is 1. The SMILES string of the molecule is Cc1ccc(C(=O)OCC(=O)N[C@H]2CCCC[C@H]2C)s1. The summed E-state index contributed by atoms with van der Waals surface area (Å²) in [5, 5.41) is 2.97. The summed E-state index contributed by atoms with van der Waals surface area (Å²) in [4.78, 5) is 25.1. The molecule has 2 atom stereocenters. The van der Waals surface area contributed by atoms with Crippen LogP contribution in [-0.2, 0) is 9.53 Å². The number of carbonyl (C=O) groups excluding carboxylic acids is 2. The Morgan fingerprint density at radius 1 is 1.35 bits per heavy atom. The number of hydrogen-bond donors (Lipinski definition) is 1. The normalized spacial score (nSPS) is 22.3. The van der Waals surface area contributed by atoms with E-state index in [4.69, 9.17) is 4.74 Å². The second-order valence-electron chi connectivity index (χ2n) is 5.42. The molecule has 1 saturated carbocycles. The highest BCUT2D eigenvalue weighted by atomic mass is 32.1. The first-order valence-corrected chi connectivity index (χ1v) is 7.91. The Morgan fingerprint density at radius 2 is 2.10 bits per heavy atom. The van der Waals surface area contributed by atoms with E-state index in [1.54, 1.807) is 6.07 Å². The van der Waals surface area contributed by atoms with Gasteiger partial charge in [-0.2, -0.15) is 0 Å². The average Bonchev–Trinajstić information content (AvgIpc) is 2.85. The van der Waals surface area contributed by atoms with Gasteiger partial charge in [0.25, 0.3) is 5.91 Å². The van der Waals surface area contributed by atoms with Gasteiger partial charge < -0.3 is 10.1 Å². The lowest BCUT2D eigenvalue weighted by Crippen LogP contribution is -2.42. The van der Waals surface area contributed by atoms with Gasteiger partial charge in [-0.1, -0.05) is 19.8 Å². The third-order valence-electron chi connectivity index (χ3n) is 3.73. The molecule has 1 fully saturated rings. The third-order valence-corrected chi connectivity index (χ3v) is 4.71. The number of rotatable bonds is 4. The molecule has 0 bridgehead atoms. The standard InChI is InChI=1S/C15H21NO3S/c1-10-5-3-4-6-12(10)16-14(17)9-19-15(18)13-8-7-11(2)20-13/h7-8,10,12H,3-6,9H2,1-2H3,(H,16,17)/t10-,12+/m1/s1. The fourth-order valence-electron chi connectivity index (χ4n) is 2.53. The molecule has 0 spiro atoms. The van der Waals surface area contributed by atoms with Crippen LogP contribution in [0.1, 0.15) is 47.2 Å². The van der Waals surface area contributed by atoms with Crippen LogP contribution in [0.5, 0.6) is 0 Å². The topological polar surface area (TPSA) is 55.4 Å². The van der Waals surface area contributed by atoms with E-state index in [9.17, 15) is 9.59 Å². The van der Waals surface area contributed by atoms with Crippen LogP contribution in [0.2, 0.25) is 0 Å². The molecule has 0 aliphatic heterocycles. The van der Waals surface area contributed by atoms with Gasteiger partial charge in [0.1, 0.15) is 4.88 Å². The lowest BCUT2D eigenvalue weighted by molar-refractivity contribution is -0.125. The number of nitrogens with one attached hydrogen (secondary N) is 1. The van der Waals surface area contributed by atoms with Crippen LogP contribution in [0.4, 0.5) is 0 Å². The van der Waals surface area contributed by atoms with Crippen LogP contribution in [0.3, 0.4) is 0 Å². The minimum atomic E-state index is -0.421. The minimum absolute atomic E-state index is 0.195. The Kier molecular flexibility index (Phi) is 5.17. The smallest absolute Gasteiger partial charge is 0.348 e. The summed E-state index contributed by atoms with van der Waals surface area (Å²) in [5.41, 5.74) is 0. The van der Waals surface area contributed by atoms with Gasteiger partial charge in [0.2, 0.25) is 0 Å². The molecule has 20 heavy (non-hydrogen) atoms. The van der Waals surface area contributed by atoms with Crippen molar-refractivity contribution in [2.75, 3.05) is 6.61 Å². The van der Waals surface area contributed by atoms with Crippen molar-refractivity contribution in [3.8, 4) is 0 Å². The molecule has 1 aliphatic carbocycles. The zero-order valence-corrected chi connectivity index (χ0v) is 12.8. The maximum Gasteiger partial charge on any atom is 0.348 e. The van der Waals surface area contributed by atoms with E-state index in [-0.39, 0.29) is 18.6 Å². The maximum absolute atomic E-state index is 11.8. The molecule has 110 valence electrons. The van der Waals surface area contributed by atoms with Crippen molar-refractivity contribution >= 4 is 23.2 Å². The van der Waals surface area contributed by atoms with Gasteiger partial charge in [-0.25, -0.2) is 4.79 Å². The first-order valence-electron chi connectivity index (χ1n) is 7.09. The van der Waals surface area contributed by atoms with Crippen LogP contribution in [0, 0.1) is 12.8 Å². The van der Waals surface area contributed by atoms with Crippen LogP contribution >= 0.6 is 11.3 Å². The lowest BCUT2D eigenvalue weighted by Gasteiger charge is -2.29. The molecule has 0 radical (unpaired) electrons. The summed E-state index contributed by atoms with van der Waals surface area (Å²) in [5.74, 6) is -0.122. The van der Waals surface area contributed by atoms with Crippen molar-refractivity contribution in [3.63, 3.8) is 0 Å². The van der Waals surface area contributed by atoms with E-state index in [1.807, 2.05) is 13.0 Å². The summed E-state index contributed by atoms with van der Waals surface area (Å²) < 4.78 is 5.04. The number of amides is 1. The van der Waals surface area contributed by atoms with E-state index < -0.39 is 5.97 Å². The Balaban J connectivity index is 1.76. The van der Waals surface area contributed by atoms with Gasteiger partial charge in [0, 0.05) is 10.9 Å². The fraction of sp³-hybridized carbons (Fsp3) is 0.600. The minimum Gasteiger partial charge on any atom is -0.451 e. The first kappa shape index (κ1) is 15.0. The number of ether oxygens (including phenoxy) is 1. The van der Waals surface area contributed by atoms with E-state index in [0.717, 1.165) is 24.1 Å². The largest absolute Gasteiger partial charge is 0.451 e. The summed E-state index contributed by atoms with van der Waals surface area (Å²) >= 11 is 1.38. The van der Waals surface area contributed by atoms with Gasteiger partial charge in [0.05, 0.1) is 0 Å². The van der Waals surface area contributed by atoms with Gasteiger partial charge in [0.15, 0.2) is 6.61 Å². The van der Waals surface area contributed by atoms with E-state index in [1.165, 1.54) is 17.8 Å². The Hall–Kier alpha value is -1.36. The molecule has 4 nitrogen and oxygen atoms in total. The number of hydrogen-bond acceptors (Lipinski definition) is 4. The molecule has 0 aromatic carbocycles. The monoisotopic (exact) mass is 295 g/mol. The van der Waals surface area contributed by atoms with Crippen molar-refractivity contribution in [1.29, 1.82) is 0 Å². The molecule has 1 heterocycles.